The van der Waals surface area contributed by atoms with E-state index in [1.165, 1.54) is 6.07 Å². The molecule has 0 aliphatic heterocycles. The summed E-state index contributed by atoms with van der Waals surface area (Å²) in [6, 6.07) is 5.07. The molecule has 0 saturated heterocycles. The molecule has 1 N–H and O–H groups in total. The third kappa shape index (κ3) is 4.06. The van der Waals surface area contributed by atoms with Crippen LogP contribution in [0.3, 0.4) is 0 Å². The Hall–Kier alpha value is -1.50. The Morgan fingerprint density at radius 1 is 1.39 bits per heavy atom. The third-order valence-electron chi connectivity index (χ3n) is 2.62. The highest BCUT2D eigenvalue weighted by Crippen LogP contribution is 2.18. The number of nitrogens with zero attached hydrogens (tertiary/aromatic N) is 1. The van der Waals surface area contributed by atoms with E-state index in [1.807, 2.05) is 0 Å². The lowest BCUT2D eigenvalue weighted by Crippen LogP contribution is -2.29. The molecule has 0 saturated carbocycles. The maximum atomic E-state index is 10.7. The van der Waals surface area contributed by atoms with Crippen molar-refractivity contribution in [2.45, 2.75) is 19.8 Å². The second-order valence-electron chi connectivity index (χ2n) is 3.91. The molecule has 1 aromatic carbocycles. The van der Waals surface area contributed by atoms with Gasteiger partial charge in [-0.2, -0.15) is 0 Å². The summed E-state index contributed by atoms with van der Waals surface area (Å²) < 4.78 is 10.1. The van der Waals surface area contributed by atoms with Gasteiger partial charge in [-0.1, -0.05) is 6.07 Å². The lowest BCUT2D eigenvalue weighted by molar-refractivity contribution is -0.385. The Kier molecular flexibility index (Phi) is 5.70. The fraction of sp³-hybridized carbons (Fsp3) is 0.500. The highest BCUT2D eigenvalue weighted by atomic mass is 16.7. The minimum atomic E-state index is -0.377. The summed E-state index contributed by atoms with van der Waals surface area (Å²) in [5, 5.41) is 13.8. The smallest absolute Gasteiger partial charge is 0.272 e. The first-order valence-electron chi connectivity index (χ1n) is 5.58. The van der Waals surface area contributed by atoms with E-state index in [1.54, 1.807) is 33.3 Å². The van der Waals surface area contributed by atoms with E-state index in [0.717, 1.165) is 5.56 Å². The van der Waals surface area contributed by atoms with Gasteiger partial charge in [-0.05, 0) is 18.6 Å². The molecular weight excluding hydrogens is 236 g/mol. The lowest BCUT2D eigenvalue weighted by atomic mass is 10.1. The monoisotopic (exact) mass is 254 g/mol. The Morgan fingerprint density at radius 3 is 2.56 bits per heavy atom. The van der Waals surface area contributed by atoms with Crippen LogP contribution in [-0.4, -0.2) is 32.0 Å². The molecule has 0 radical (unpaired) electrons. The largest absolute Gasteiger partial charge is 0.355 e. The van der Waals surface area contributed by atoms with Crippen LogP contribution in [-0.2, 0) is 16.0 Å². The maximum Gasteiger partial charge on any atom is 0.272 e. The first-order valence-corrected chi connectivity index (χ1v) is 5.58. The van der Waals surface area contributed by atoms with Gasteiger partial charge in [0.2, 0.25) is 0 Å². The Labute approximate surface area is 106 Å². The molecule has 0 fully saturated rings. The van der Waals surface area contributed by atoms with Crippen LogP contribution in [0.4, 0.5) is 5.69 Å². The van der Waals surface area contributed by atoms with Gasteiger partial charge >= 0.3 is 0 Å². The summed E-state index contributed by atoms with van der Waals surface area (Å²) in [5.41, 5.74) is 1.80. The standard InChI is InChI=1S/C12H18N2O4/c1-9-6-10(4-5-11(9)14(15)16)7-13-8-12(17-2)18-3/h4-6,12-13H,7-8H2,1-3H3. The van der Waals surface area contributed by atoms with Gasteiger partial charge in [-0.25, -0.2) is 0 Å². The second-order valence-corrected chi connectivity index (χ2v) is 3.91. The van der Waals surface area contributed by atoms with Crippen molar-refractivity contribution in [3.63, 3.8) is 0 Å². The molecule has 0 amide bonds. The quantitative estimate of drug-likeness (QED) is 0.454. The minimum absolute atomic E-state index is 0.144. The van der Waals surface area contributed by atoms with Gasteiger partial charge in [0, 0.05) is 38.9 Å². The SMILES string of the molecule is COC(CNCc1ccc([N+](=O)[O-])c(C)c1)OC. The van der Waals surface area contributed by atoms with Crippen LogP contribution >= 0.6 is 0 Å². The zero-order valence-corrected chi connectivity index (χ0v) is 10.8. The number of aryl methyl sites for hydroxylation is 1. The average Bonchev–Trinajstić information content (AvgIpc) is 2.34. The van der Waals surface area contributed by atoms with Gasteiger partial charge in [0.25, 0.3) is 5.69 Å². The molecule has 1 rings (SSSR count). The van der Waals surface area contributed by atoms with Gasteiger partial charge in [0.05, 0.1) is 4.92 Å². The first-order chi connectivity index (χ1) is 8.58. The van der Waals surface area contributed by atoms with Crippen LogP contribution in [0, 0.1) is 17.0 Å². The number of nitro benzene ring substituents is 1. The number of benzene rings is 1. The molecular formula is C12H18N2O4. The number of hydrogen-bond acceptors (Lipinski definition) is 5. The summed E-state index contributed by atoms with van der Waals surface area (Å²) in [6.45, 7) is 2.90. The van der Waals surface area contributed by atoms with E-state index in [0.29, 0.717) is 18.7 Å². The predicted molar refractivity (Wildman–Crippen MR) is 67.3 cm³/mol. The molecule has 0 bridgehead atoms. The zero-order chi connectivity index (χ0) is 13.5. The van der Waals surface area contributed by atoms with Crippen molar-refractivity contribution in [2.75, 3.05) is 20.8 Å². The van der Waals surface area contributed by atoms with Crippen LogP contribution in [0.15, 0.2) is 18.2 Å². The van der Waals surface area contributed by atoms with Crippen molar-refractivity contribution < 1.29 is 14.4 Å². The fourth-order valence-electron chi connectivity index (χ4n) is 1.63. The van der Waals surface area contributed by atoms with Crippen LogP contribution in [0.2, 0.25) is 0 Å². The summed E-state index contributed by atoms with van der Waals surface area (Å²) in [7, 11) is 3.15. The van der Waals surface area contributed by atoms with Gasteiger partial charge in [0.1, 0.15) is 0 Å². The van der Waals surface area contributed by atoms with E-state index in [-0.39, 0.29) is 16.9 Å². The van der Waals surface area contributed by atoms with E-state index < -0.39 is 0 Å². The van der Waals surface area contributed by atoms with Gasteiger partial charge in [0.15, 0.2) is 6.29 Å². The Morgan fingerprint density at radius 2 is 2.06 bits per heavy atom. The van der Waals surface area contributed by atoms with E-state index in [9.17, 15) is 10.1 Å². The van der Waals surface area contributed by atoms with Crippen LogP contribution in [0.5, 0.6) is 0 Å². The predicted octanol–water partition coefficient (Wildman–Crippen LogP) is 1.61. The summed E-state index contributed by atoms with van der Waals surface area (Å²) in [5.74, 6) is 0. The molecule has 6 heteroatoms. The Bertz CT molecular complexity index is 405. The first kappa shape index (κ1) is 14.6. The number of nitrogens with one attached hydrogen (secondary N) is 1. The van der Waals surface area contributed by atoms with E-state index >= 15 is 0 Å². The lowest BCUT2D eigenvalue weighted by Gasteiger charge is -2.14. The summed E-state index contributed by atoms with van der Waals surface area (Å²) in [6.07, 6.45) is -0.288. The average molecular weight is 254 g/mol. The number of methoxy groups -OCH3 is 2. The third-order valence-corrected chi connectivity index (χ3v) is 2.62. The molecule has 0 aliphatic carbocycles. The van der Waals surface area contributed by atoms with Gasteiger partial charge < -0.3 is 14.8 Å². The van der Waals surface area contributed by atoms with Crippen LogP contribution in [0.1, 0.15) is 11.1 Å². The molecule has 1 aromatic rings. The minimum Gasteiger partial charge on any atom is -0.355 e. The highest BCUT2D eigenvalue weighted by molar-refractivity contribution is 5.41. The molecule has 0 heterocycles. The van der Waals surface area contributed by atoms with Crippen molar-refractivity contribution in [1.29, 1.82) is 0 Å². The van der Waals surface area contributed by atoms with Crippen LogP contribution < -0.4 is 5.32 Å². The molecule has 0 aromatic heterocycles. The number of rotatable bonds is 7. The van der Waals surface area contributed by atoms with Crippen LogP contribution in [0.25, 0.3) is 0 Å². The molecule has 100 valence electrons. The highest BCUT2D eigenvalue weighted by Gasteiger charge is 2.10. The van der Waals surface area contributed by atoms with E-state index in [2.05, 4.69) is 5.32 Å². The number of hydrogen-bond donors (Lipinski definition) is 1. The molecule has 6 nitrogen and oxygen atoms in total. The van der Waals surface area contributed by atoms with Gasteiger partial charge in [-0.15, -0.1) is 0 Å². The van der Waals surface area contributed by atoms with E-state index in [4.69, 9.17) is 9.47 Å². The normalized spacial score (nSPS) is 10.9. The Balaban J connectivity index is 2.53. The van der Waals surface area contributed by atoms with Crippen molar-refractivity contribution in [1.82, 2.24) is 5.32 Å². The topological polar surface area (TPSA) is 73.6 Å². The summed E-state index contributed by atoms with van der Waals surface area (Å²) in [4.78, 5) is 10.3. The number of ether oxygens (including phenoxy) is 2. The van der Waals surface area contributed by atoms with Crippen molar-refractivity contribution in [2.24, 2.45) is 0 Å². The molecule has 0 unspecified atom stereocenters. The second kappa shape index (κ2) is 7.05. The van der Waals surface area contributed by atoms with Gasteiger partial charge in [-0.3, -0.25) is 10.1 Å². The molecule has 0 spiro atoms. The molecule has 18 heavy (non-hydrogen) atoms. The van der Waals surface area contributed by atoms with Crippen molar-refractivity contribution in [3.8, 4) is 0 Å². The summed E-state index contributed by atoms with van der Waals surface area (Å²) >= 11 is 0. The maximum absolute atomic E-state index is 10.7. The molecule has 0 atom stereocenters. The zero-order valence-electron chi connectivity index (χ0n) is 10.8. The molecule has 0 aliphatic rings. The number of nitro groups is 1. The fourth-order valence-corrected chi connectivity index (χ4v) is 1.63. The van der Waals surface area contributed by atoms with Crippen molar-refractivity contribution in [3.05, 3.63) is 39.4 Å². The van der Waals surface area contributed by atoms with Crippen molar-refractivity contribution >= 4 is 5.69 Å².